The van der Waals surface area contributed by atoms with Gasteiger partial charge in [-0.2, -0.15) is 0 Å². The van der Waals surface area contributed by atoms with Gasteiger partial charge in [-0.1, -0.05) is 23.5 Å². The van der Waals surface area contributed by atoms with Crippen molar-refractivity contribution in [1.82, 2.24) is 9.88 Å². The van der Waals surface area contributed by atoms with Crippen molar-refractivity contribution in [1.29, 1.82) is 0 Å². The Morgan fingerprint density at radius 2 is 1.84 bits per heavy atom. The second kappa shape index (κ2) is 8.76. The van der Waals surface area contributed by atoms with Crippen molar-refractivity contribution in [3.05, 3.63) is 42.0 Å². The Kier molecular flexibility index (Phi) is 5.69. The highest BCUT2D eigenvalue weighted by atomic mass is 32.2. The van der Waals surface area contributed by atoms with E-state index in [1.54, 1.807) is 6.07 Å². The number of nitrogens with one attached hydrogen (secondary N) is 1. The van der Waals surface area contributed by atoms with Gasteiger partial charge in [0.1, 0.15) is 13.2 Å². The number of likely N-dealkylation sites (tertiary alicyclic amines) is 1. The number of fused-ring (bicyclic) bond motifs is 2. The molecule has 0 aliphatic carbocycles. The molecule has 1 N–H and O–H groups in total. The molecular weight excluding hydrogens is 434 g/mol. The summed E-state index contributed by atoms with van der Waals surface area (Å²) in [5.41, 5.74) is 1.29. The number of benzene rings is 2. The molecule has 1 fully saturated rings. The summed E-state index contributed by atoms with van der Waals surface area (Å²) in [7, 11) is 0. The number of thiazole rings is 1. The number of carbonyl (C=O) groups excluding carboxylic acids is 2. The first kappa shape index (κ1) is 20.1. The summed E-state index contributed by atoms with van der Waals surface area (Å²) in [6, 6.07) is 11.1. The molecule has 2 aliphatic heterocycles. The van der Waals surface area contributed by atoms with E-state index in [1.807, 2.05) is 35.2 Å². The molecule has 2 amide bonds. The number of thioether (sulfide) groups is 1. The first-order chi connectivity index (χ1) is 15.2. The molecule has 3 aromatic rings. The van der Waals surface area contributed by atoms with Gasteiger partial charge in [0.15, 0.2) is 16.6 Å². The van der Waals surface area contributed by atoms with E-state index in [2.05, 4.69) is 10.3 Å². The zero-order chi connectivity index (χ0) is 21.2. The van der Waals surface area contributed by atoms with Crippen LogP contribution in [0.15, 0.2) is 41.3 Å². The Balaban J connectivity index is 1.30. The molecule has 9 heteroatoms. The zero-order valence-corrected chi connectivity index (χ0v) is 18.4. The number of anilines is 1. The second-order valence-corrected chi connectivity index (χ2v) is 9.36. The molecular formula is C22H21N3O4S2. The first-order valence-corrected chi connectivity index (χ1v) is 12.0. The number of ether oxygens (including phenoxy) is 2. The van der Waals surface area contributed by atoms with Crippen LogP contribution in [-0.2, 0) is 4.79 Å². The van der Waals surface area contributed by atoms with Crippen LogP contribution in [0.3, 0.4) is 0 Å². The third-order valence-electron chi connectivity index (χ3n) is 5.21. The summed E-state index contributed by atoms with van der Waals surface area (Å²) >= 11 is 2.79. The van der Waals surface area contributed by atoms with Crippen LogP contribution in [-0.4, -0.2) is 53.8 Å². The van der Waals surface area contributed by atoms with Gasteiger partial charge < -0.3 is 14.4 Å². The molecule has 0 radical (unpaired) electrons. The van der Waals surface area contributed by atoms with Gasteiger partial charge in [-0.25, -0.2) is 4.98 Å². The Hall–Kier alpha value is -2.78. The van der Waals surface area contributed by atoms with Gasteiger partial charge in [-0.05, 0) is 25.0 Å². The van der Waals surface area contributed by atoms with Crippen LogP contribution in [0, 0.1) is 0 Å². The van der Waals surface area contributed by atoms with E-state index in [0.717, 1.165) is 41.0 Å². The average Bonchev–Trinajstić information content (AvgIpc) is 3.45. The normalized spacial score (nSPS) is 15.3. The number of amides is 2. The molecule has 0 atom stereocenters. The lowest BCUT2D eigenvalue weighted by atomic mass is 10.2. The highest BCUT2D eigenvalue weighted by molar-refractivity contribution is 8.00. The number of aromatic nitrogens is 1. The molecule has 31 heavy (non-hydrogen) atoms. The highest BCUT2D eigenvalue weighted by Crippen LogP contribution is 2.38. The van der Waals surface area contributed by atoms with Crippen LogP contribution < -0.4 is 14.8 Å². The number of hydrogen-bond donors (Lipinski definition) is 1. The van der Waals surface area contributed by atoms with Crippen molar-refractivity contribution in [2.75, 3.05) is 37.4 Å². The van der Waals surface area contributed by atoms with E-state index >= 15 is 0 Å². The Morgan fingerprint density at radius 3 is 2.65 bits per heavy atom. The maximum absolute atomic E-state index is 13.0. The zero-order valence-electron chi connectivity index (χ0n) is 16.8. The van der Waals surface area contributed by atoms with E-state index < -0.39 is 0 Å². The molecule has 1 saturated heterocycles. The molecule has 0 spiro atoms. The van der Waals surface area contributed by atoms with Gasteiger partial charge in [-0.15, -0.1) is 11.8 Å². The Bertz CT molecular complexity index is 1100. The minimum Gasteiger partial charge on any atom is -0.486 e. The summed E-state index contributed by atoms with van der Waals surface area (Å²) in [5, 5.41) is 3.41. The Labute approximate surface area is 187 Å². The third kappa shape index (κ3) is 4.33. The van der Waals surface area contributed by atoms with Crippen molar-refractivity contribution in [3.63, 3.8) is 0 Å². The van der Waals surface area contributed by atoms with Gasteiger partial charge >= 0.3 is 0 Å². The maximum Gasteiger partial charge on any atom is 0.258 e. The van der Waals surface area contributed by atoms with Crippen molar-refractivity contribution in [2.45, 2.75) is 17.7 Å². The summed E-state index contributed by atoms with van der Waals surface area (Å²) in [5.74, 6) is 1.58. The van der Waals surface area contributed by atoms with E-state index in [0.29, 0.717) is 41.2 Å². The quantitative estimate of drug-likeness (QED) is 0.585. The summed E-state index contributed by atoms with van der Waals surface area (Å²) in [6.45, 7) is 2.70. The summed E-state index contributed by atoms with van der Waals surface area (Å²) in [6.07, 6.45) is 2.14. The number of carbonyl (C=O) groups is 2. The molecule has 160 valence electrons. The van der Waals surface area contributed by atoms with Crippen LogP contribution in [0.25, 0.3) is 10.2 Å². The molecule has 3 heterocycles. The molecule has 0 saturated carbocycles. The van der Waals surface area contributed by atoms with Crippen molar-refractivity contribution in [3.8, 4) is 11.5 Å². The Morgan fingerprint density at radius 1 is 1.10 bits per heavy atom. The highest BCUT2D eigenvalue weighted by Gasteiger charge is 2.20. The monoisotopic (exact) mass is 455 g/mol. The van der Waals surface area contributed by atoms with Crippen LogP contribution in [0.2, 0.25) is 0 Å². The fraction of sp³-hybridized carbons (Fsp3) is 0.318. The van der Waals surface area contributed by atoms with Crippen LogP contribution >= 0.6 is 23.1 Å². The standard InChI is InChI=1S/C22H21N3O4S2/c26-20(25-7-3-4-8-25)13-30-18-6-2-1-5-14(18)21(27)24-22-23-15-11-16-17(12-19(15)31-22)29-10-9-28-16/h1-2,5-6,11-12H,3-4,7-10,13H2,(H,23,24,27). The van der Waals surface area contributed by atoms with Crippen LogP contribution in [0.5, 0.6) is 11.5 Å². The van der Waals surface area contributed by atoms with Crippen LogP contribution in [0.4, 0.5) is 5.13 Å². The lowest BCUT2D eigenvalue weighted by Crippen LogP contribution is -2.29. The average molecular weight is 456 g/mol. The lowest BCUT2D eigenvalue weighted by molar-refractivity contribution is -0.127. The van der Waals surface area contributed by atoms with Gasteiger partial charge in [-0.3, -0.25) is 14.9 Å². The van der Waals surface area contributed by atoms with E-state index in [1.165, 1.54) is 23.1 Å². The summed E-state index contributed by atoms with van der Waals surface area (Å²) in [4.78, 5) is 32.5. The van der Waals surface area contributed by atoms with Crippen molar-refractivity contribution in [2.24, 2.45) is 0 Å². The first-order valence-electron chi connectivity index (χ1n) is 10.2. The van der Waals surface area contributed by atoms with Crippen molar-refractivity contribution < 1.29 is 19.1 Å². The van der Waals surface area contributed by atoms with E-state index in [9.17, 15) is 9.59 Å². The van der Waals surface area contributed by atoms with Gasteiger partial charge in [0.2, 0.25) is 5.91 Å². The SMILES string of the molecule is O=C(Nc1nc2cc3c(cc2s1)OCCO3)c1ccccc1SCC(=O)N1CCCC1. The third-order valence-corrected chi connectivity index (χ3v) is 7.21. The molecule has 2 aliphatic rings. The fourth-order valence-corrected chi connectivity index (χ4v) is 5.48. The fourth-order valence-electron chi connectivity index (χ4n) is 3.66. The minimum absolute atomic E-state index is 0.122. The lowest BCUT2D eigenvalue weighted by Gasteiger charge is -2.17. The maximum atomic E-state index is 13.0. The molecule has 5 rings (SSSR count). The number of hydrogen-bond acceptors (Lipinski definition) is 7. The molecule has 1 aromatic heterocycles. The second-order valence-electron chi connectivity index (χ2n) is 7.31. The number of rotatable bonds is 5. The molecule has 7 nitrogen and oxygen atoms in total. The molecule has 0 unspecified atom stereocenters. The van der Waals surface area contributed by atoms with Gasteiger partial charge in [0.05, 0.1) is 21.5 Å². The summed E-state index contributed by atoms with van der Waals surface area (Å²) < 4.78 is 12.1. The van der Waals surface area contributed by atoms with Crippen molar-refractivity contribution >= 4 is 50.3 Å². The smallest absolute Gasteiger partial charge is 0.258 e. The van der Waals surface area contributed by atoms with Crippen LogP contribution in [0.1, 0.15) is 23.2 Å². The predicted molar refractivity (Wildman–Crippen MR) is 122 cm³/mol. The van der Waals surface area contributed by atoms with E-state index in [-0.39, 0.29) is 11.8 Å². The number of nitrogens with zero attached hydrogens (tertiary/aromatic N) is 2. The predicted octanol–water partition coefficient (Wildman–Crippen LogP) is 4.03. The molecule has 0 bridgehead atoms. The molecule has 2 aromatic carbocycles. The van der Waals surface area contributed by atoms with Gasteiger partial charge in [0, 0.05) is 30.1 Å². The van der Waals surface area contributed by atoms with E-state index in [4.69, 9.17) is 9.47 Å². The van der Waals surface area contributed by atoms with Gasteiger partial charge in [0.25, 0.3) is 5.91 Å². The topological polar surface area (TPSA) is 80.8 Å². The largest absolute Gasteiger partial charge is 0.486 e. The minimum atomic E-state index is -0.243.